The highest BCUT2D eigenvalue weighted by molar-refractivity contribution is 9.09. The zero-order valence-electron chi connectivity index (χ0n) is 13.3. The lowest BCUT2D eigenvalue weighted by Crippen LogP contribution is -2.35. The van der Waals surface area contributed by atoms with Crippen LogP contribution in [-0.4, -0.2) is 20.4 Å². The van der Waals surface area contributed by atoms with Crippen LogP contribution in [0.5, 0.6) is 0 Å². The van der Waals surface area contributed by atoms with Crippen LogP contribution in [0, 0.1) is 11.3 Å². The third-order valence-corrected chi connectivity index (χ3v) is 7.50. The molecule has 0 saturated heterocycles. The largest absolute Gasteiger partial charge is 0.269 e. The summed E-state index contributed by atoms with van der Waals surface area (Å²) in [5, 5.41) is 7.01. The van der Waals surface area contributed by atoms with Gasteiger partial charge in [-0.15, -0.1) is 0 Å². The van der Waals surface area contributed by atoms with E-state index in [9.17, 15) is 0 Å². The molecule has 120 valence electrons. The highest BCUT2D eigenvalue weighted by Gasteiger charge is 2.39. The van der Waals surface area contributed by atoms with Crippen molar-refractivity contribution in [3.63, 3.8) is 0 Å². The summed E-state index contributed by atoms with van der Waals surface area (Å²) in [6.45, 7) is 4.49. The van der Waals surface area contributed by atoms with E-state index >= 15 is 0 Å². The first-order valence-electron chi connectivity index (χ1n) is 8.35. The number of halogens is 2. The fourth-order valence-electron chi connectivity index (χ4n) is 3.73. The van der Waals surface area contributed by atoms with Crippen LogP contribution in [-0.2, 0) is 6.42 Å². The second-order valence-electron chi connectivity index (χ2n) is 6.55. The lowest BCUT2D eigenvalue weighted by atomic mass is 9.74. The number of rotatable bonds is 8. The van der Waals surface area contributed by atoms with Crippen LogP contribution in [0.1, 0.15) is 64.1 Å². The van der Waals surface area contributed by atoms with Gasteiger partial charge in [-0.1, -0.05) is 58.5 Å². The first kappa shape index (κ1) is 17.5. The number of aromatic nitrogens is 2. The van der Waals surface area contributed by atoms with E-state index < -0.39 is 0 Å². The van der Waals surface area contributed by atoms with Crippen molar-refractivity contribution >= 4 is 31.9 Å². The molecule has 0 atom stereocenters. The van der Waals surface area contributed by atoms with Crippen molar-refractivity contribution in [2.45, 2.75) is 64.8 Å². The molecule has 1 fully saturated rings. The molecule has 1 aromatic rings. The first-order valence-corrected chi connectivity index (χ1v) is 10.6. The molecular weight excluding hydrogens is 392 g/mol. The van der Waals surface area contributed by atoms with Crippen LogP contribution in [0.25, 0.3) is 0 Å². The van der Waals surface area contributed by atoms with E-state index in [-0.39, 0.29) is 0 Å². The summed E-state index contributed by atoms with van der Waals surface area (Å²) < 4.78 is 2.18. The van der Waals surface area contributed by atoms with Gasteiger partial charge in [0.15, 0.2) is 0 Å². The van der Waals surface area contributed by atoms with Gasteiger partial charge >= 0.3 is 0 Å². The minimum atomic E-state index is 0.323. The number of hydrogen-bond donors (Lipinski definition) is 0. The van der Waals surface area contributed by atoms with Gasteiger partial charge in [-0.3, -0.25) is 4.68 Å². The summed E-state index contributed by atoms with van der Waals surface area (Å²) in [6.07, 6.45) is 11.1. The van der Waals surface area contributed by atoms with Crippen LogP contribution in [0.15, 0.2) is 12.3 Å². The Kier molecular flexibility index (Phi) is 6.79. The Morgan fingerprint density at radius 3 is 2.38 bits per heavy atom. The Hall–Kier alpha value is 0.170. The van der Waals surface area contributed by atoms with Crippen LogP contribution in [0.4, 0.5) is 0 Å². The van der Waals surface area contributed by atoms with E-state index in [0.717, 1.165) is 35.8 Å². The molecule has 1 aliphatic rings. The minimum Gasteiger partial charge on any atom is -0.269 e. The highest BCUT2D eigenvalue weighted by Crippen LogP contribution is 2.44. The van der Waals surface area contributed by atoms with Crippen molar-refractivity contribution in [1.82, 2.24) is 9.78 Å². The normalized spacial score (nSPS) is 17.0. The molecule has 21 heavy (non-hydrogen) atoms. The molecule has 0 N–H and O–H groups in total. The van der Waals surface area contributed by atoms with E-state index in [1.165, 1.54) is 31.4 Å². The predicted octanol–water partition coefficient (Wildman–Crippen LogP) is 5.75. The standard InChI is InChI=1S/C17H28Br2N2/c1-3-16(4-2)21-10-9-15(20-21)11-17(12-18,13-19)14-7-5-6-8-14/h9-10,14,16H,3-8,11-13H2,1-2H3. The summed E-state index contributed by atoms with van der Waals surface area (Å²) in [5.41, 5.74) is 1.58. The van der Waals surface area contributed by atoms with Gasteiger partial charge in [0.05, 0.1) is 11.7 Å². The molecule has 1 aromatic heterocycles. The number of alkyl halides is 2. The Balaban J connectivity index is 2.13. The van der Waals surface area contributed by atoms with Crippen LogP contribution >= 0.6 is 31.9 Å². The zero-order valence-corrected chi connectivity index (χ0v) is 16.5. The SMILES string of the molecule is CCC(CC)n1ccc(CC(CBr)(CBr)C2CCCC2)n1. The van der Waals surface area contributed by atoms with Gasteiger partial charge < -0.3 is 0 Å². The van der Waals surface area contributed by atoms with Crippen molar-refractivity contribution < 1.29 is 0 Å². The van der Waals surface area contributed by atoms with E-state index in [2.05, 4.69) is 62.7 Å². The van der Waals surface area contributed by atoms with Crippen molar-refractivity contribution in [2.75, 3.05) is 10.7 Å². The van der Waals surface area contributed by atoms with Crippen LogP contribution < -0.4 is 0 Å². The molecule has 0 aromatic carbocycles. The summed E-state index contributed by atoms with van der Waals surface area (Å²) in [5.74, 6) is 0.828. The van der Waals surface area contributed by atoms with Gasteiger partial charge in [-0.25, -0.2) is 0 Å². The maximum atomic E-state index is 4.88. The minimum absolute atomic E-state index is 0.323. The van der Waals surface area contributed by atoms with Crippen LogP contribution in [0.3, 0.4) is 0 Å². The monoisotopic (exact) mass is 418 g/mol. The number of hydrogen-bond acceptors (Lipinski definition) is 1. The Morgan fingerprint density at radius 2 is 1.86 bits per heavy atom. The molecule has 2 rings (SSSR count). The Bertz CT molecular complexity index is 416. The van der Waals surface area contributed by atoms with Gasteiger partial charge in [0, 0.05) is 16.9 Å². The third kappa shape index (κ3) is 3.93. The van der Waals surface area contributed by atoms with E-state index in [4.69, 9.17) is 5.10 Å². The summed E-state index contributed by atoms with van der Waals surface area (Å²) in [4.78, 5) is 0. The second kappa shape index (κ2) is 8.14. The van der Waals surface area contributed by atoms with Gasteiger partial charge in [-0.2, -0.15) is 5.10 Å². The Morgan fingerprint density at radius 1 is 1.24 bits per heavy atom. The average Bonchev–Trinajstić information content (AvgIpc) is 3.18. The summed E-state index contributed by atoms with van der Waals surface area (Å²) >= 11 is 7.60. The molecule has 0 bridgehead atoms. The molecule has 0 amide bonds. The molecule has 1 aliphatic carbocycles. The van der Waals surface area contributed by atoms with Gasteiger partial charge in [0.25, 0.3) is 0 Å². The highest BCUT2D eigenvalue weighted by atomic mass is 79.9. The van der Waals surface area contributed by atoms with Crippen molar-refractivity contribution in [3.8, 4) is 0 Å². The van der Waals surface area contributed by atoms with Gasteiger partial charge in [0.2, 0.25) is 0 Å². The molecule has 0 spiro atoms. The average molecular weight is 420 g/mol. The lowest BCUT2D eigenvalue weighted by molar-refractivity contribution is 0.230. The lowest BCUT2D eigenvalue weighted by Gasteiger charge is -2.36. The summed E-state index contributed by atoms with van der Waals surface area (Å²) in [7, 11) is 0. The maximum absolute atomic E-state index is 4.88. The maximum Gasteiger partial charge on any atom is 0.0630 e. The van der Waals surface area contributed by atoms with Gasteiger partial charge in [0.1, 0.15) is 0 Å². The molecule has 0 radical (unpaired) electrons. The van der Waals surface area contributed by atoms with E-state index in [1.807, 2.05) is 0 Å². The predicted molar refractivity (Wildman–Crippen MR) is 97.5 cm³/mol. The molecule has 0 aliphatic heterocycles. The smallest absolute Gasteiger partial charge is 0.0630 e. The van der Waals surface area contributed by atoms with Gasteiger partial charge in [-0.05, 0) is 49.5 Å². The first-order chi connectivity index (χ1) is 10.2. The third-order valence-electron chi connectivity index (χ3n) is 5.27. The fraction of sp³-hybridized carbons (Fsp3) is 0.824. The molecule has 1 heterocycles. The van der Waals surface area contributed by atoms with Crippen LogP contribution in [0.2, 0.25) is 0 Å². The Labute approximate surface area is 146 Å². The molecule has 1 saturated carbocycles. The molecule has 4 heteroatoms. The molecule has 2 nitrogen and oxygen atoms in total. The zero-order chi connectivity index (χ0) is 15.3. The summed E-state index contributed by atoms with van der Waals surface area (Å²) in [6, 6.07) is 2.78. The quantitative estimate of drug-likeness (QED) is 0.490. The van der Waals surface area contributed by atoms with Crippen molar-refractivity contribution in [1.29, 1.82) is 0 Å². The second-order valence-corrected chi connectivity index (χ2v) is 7.67. The van der Waals surface area contributed by atoms with Crippen molar-refractivity contribution in [2.24, 2.45) is 11.3 Å². The fourth-order valence-corrected chi connectivity index (χ4v) is 5.97. The van der Waals surface area contributed by atoms with E-state index in [0.29, 0.717) is 11.5 Å². The molecular formula is C17H28Br2N2. The topological polar surface area (TPSA) is 17.8 Å². The van der Waals surface area contributed by atoms with Crippen molar-refractivity contribution in [3.05, 3.63) is 18.0 Å². The number of nitrogens with zero attached hydrogens (tertiary/aromatic N) is 2. The molecule has 0 unspecified atom stereocenters. The van der Waals surface area contributed by atoms with E-state index in [1.54, 1.807) is 0 Å².